The summed E-state index contributed by atoms with van der Waals surface area (Å²) >= 11 is 0. The van der Waals surface area contributed by atoms with Crippen molar-refractivity contribution < 1.29 is 12.8 Å². The fraction of sp³-hybridized carbons (Fsp3) is 0.100. The summed E-state index contributed by atoms with van der Waals surface area (Å²) in [6.07, 6.45) is 2.83. The molecule has 0 bridgehead atoms. The van der Waals surface area contributed by atoms with Crippen LogP contribution >= 0.6 is 0 Å². The lowest BCUT2D eigenvalue weighted by atomic mass is 10.2. The van der Waals surface area contributed by atoms with E-state index in [0.29, 0.717) is 5.69 Å². The third-order valence-corrected chi connectivity index (χ3v) is 3.59. The first-order valence-corrected chi connectivity index (χ1v) is 6.04. The minimum absolute atomic E-state index is 0.224. The summed E-state index contributed by atoms with van der Waals surface area (Å²) in [5.74, 6) is 0. The van der Waals surface area contributed by atoms with Crippen LogP contribution in [0.15, 0.2) is 46.2 Å². The molecule has 16 heavy (non-hydrogen) atoms. The van der Waals surface area contributed by atoms with Crippen LogP contribution in [0.3, 0.4) is 0 Å². The molecule has 5 nitrogen and oxygen atoms in total. The summed E-state index contributed by atoms with van der Waals surface area (Å²) < 4.78 is 30.0. The molecule has 0 saturated heterocycles. The highest BCUT2D eigenvalue weighted by atomic mass is 32.2. The van der Waals surface area contributed by atoms with Gasteiger partial charge in [-0.2, -0.15) is 0 Å². The van der Waals surface area contributed by atoms with Gasteiger partial charge in [0.25, 0.3) is 0 Å². The molecule has 0 atom stereocenters. The van der Waals surface area contributed by atoms with Gasteiger partial charge in [-0.15, -0.1) is 0 Å². The van der Waals surface area contributed by atoms with Crippen molar-refractivity contribution in [2.45, 2.75) is 4.90 Å². The van der Waals surface area contributed by atoms with Gasteiger partial charge >= 0.3 is 0 Å². The van der Waals surface area contributed by atoms with Gasteiger partial charge in [0.15, 0.2) is 6.39 Å². The third-order valence-electron chi connectivity index (χ3n) is 2.16. The van der Waals surface area contributed by atoms with Crippen LogP contribution in [-0.2, 0) is 10.0 Å². The minimum atomic E-state index is -3.38. The van der Waals surface area contributed by atoms with Crippen LogP contribution in [0, 0.1) is 0 Å². The molecule has 0 fully saturated rings. The molecule has 0 unspecified atom stereocenters. The smallest absolute Gasteiger partial charge is 0.240 e. The zero-order valence-corrected chi connectivity index (χ0v) is 9.36. The molecule has 2 aromatic rings. The molecule has 0 spiro atoms. The lowest BCUT2D eigenvalue weighted by molar-refractivity contribution is 0.558. The van der Waals surface area contributed by atoms with Crippen LogP contribution in [0.2, 0.25) is 0 Å². The maximum Gasteiger partial charge on any atom is 0.240 e. The van der Waals surface area contributed by atoms with Gasteiger partial charge in [0.05, 0.1) is 4.90 Å². The van der Waals surface area contributed by atoms with E-state index in [1.165, 1.54) is 31.8 Å². The molecule has 2 rings (SSSR count). The first kappa shape index (κ1) is 10.8. The fourth-order valence-electron chi connectivity index (χ4n) is 1.28. The highest BCUT2D eigenvalue weighted by Gasteiger charge is 2.11. The van der Waals surface area contributed by atoms with Crippen molar-refractivity contribution in [1.82, 2.24) is 9.71 Å². The topological polar surface area (TPSA) is 72.2 Å². The molecular formula is C10H10N2O3S. The monoisotopic (exact) mass is 238 g/mol. The maximum absolute atomic E-state index is 11.5. The number of sulfonamides is 1. The maximum atomic E-state index is 11.5. The Balaban J connectivity index is 2.38. The van der Waals surface area contributed by atoms with E-state index in [1.807, 2.05) is 0 Å². The first-order valence-electron chi connectivity index (χ1n) is 4.55. The Kier molecular flexibility index (Phi) is 2.76. The summed E-state index contributed by atoms with van der Waals surface area (Å²) in [7, 11) is -2.00. The zero-order chi connectivity index (χ0) is 11.6. The number of nitrogens with zero attached hydrogens (tertiary/aromatic N) is 1. The number of benzene rings is 1. The van der Waals surface area contributed by atoms with Crippen molar-refractivity contribution in [2.75, 3.05) is 7.05 Å². The van der Waals surface area contributed by atoms with E-state index in [4.69, 9.17) is 4.42 Å². The number of rotatable bonds is 3. The quantitative estimate of drug-likeness (QED) is 0.873. The van der Waals surface area contributed by atoms with E-state index in [2.05, 4.69) is 9.71 Å². The first-order chi connectivity index (χ1) is 7.63. The molecule has 1 heterocycles. The Hall–Kier alpha value is -1.66. The summed E-state index contributed by atoms with van der Waals surface area (Å²) in [4.78, 5) is 4.19. The van der Waals surface area contributed by atoms with E-state index < -0.39 is 10.0 Å². The highest BCUT2D eigenvalue weighted by Crippen LogP contribution is 2.19. The van der Waals surface area contributed by atoms with E-state index in [-0.39, 0.29) is 4.90 Å². The van der Waals surface area contributed by atoms with E-state index >= 15 is 0 Å². The van der Waals surface area contributed by atoms with Crippen LogP contribution in [0.25, 0.3) is 11.3 Å². The summed E-state index contributed by atoms with van der Waals surface area (Å²) in [6, 6.07) is 6.41. The Labute approximate surface area is 93.2 Å². The Morgan fingerprint density at radius 1 is 1.25 bits per heavy atom. The lowest BCUT2D eigenvalue weighted by Gasteiger charge is -2.02. The van der Waals surface area contributed by atoms with Crippen LogP contribution in [-0.4, -0.2) is 20.4 Å². The van der Waals surface area contributed by atoms with Crippen molar-refractivity contribution >= 4 is 10.0 Å². The molecule has 6 heteroatoms. The van der Waals surface area contributed by atoms with Crippen molar-refractivity contribution in [1.29, 1.82) is 0 Å². The molecule has 0 radical (unpaired) electrons. The van der Waals surface area contributed by atoms with Gasteiger partial charge in [-0.3, -0.25) is 0 Å². The fourth-order valence-corrected chi connectivity index (χ4v) is 2.01. The van der Waals surface area contributed by atoms with E-state index in [0.717, 1.165) is 5.56 Å². The molecular weight excluding hydrogens is 228 g/mol. The van der Waals surface area contributed by atoms with Gasteiger partial charge in [-0.05, 0) is 19.2 Å². The molecule has 84 valence electrons. The van der Waals surface area contributed by atoms with Crippen molar-refractivity contribution in [3.63, 3.8) is 0 Å². The summed E-state index contributed by atoms with van der Waals surface area (Å²) in [6.45, 7) is 0. The molecule has 0 aliphatic carbocycles. The summed E-state index contributed by atoms with van der Waals surface area (Å²) in [5, 5.41) is 0. The number of aromatic nitrogens is 1. The van der Waals surface area contributed by atoms with E-state index in [9.17, 15) is 8.42 Å². The Morgan fingerprint density at radius 2 is 1.94 bits per heavy atom. The molecule has 1 N–H and O–H groups in total. The normalized spacial score (nSPS) is 11.6. The van der Waals surface area contributed by atoms with Crippen molar-refractivity contribution in [2.24, 2.45) is 0 Å². The third kappa shape index (κ3) is 1.98. The van der Waals surface area contributed by atoms with Crippen LogP contribution in [0.5, 0.6) is 0 Å². The second kappa shape index (κ2) is 4.07. The van der Waals surface area contributed by atoms with Gasteiger partial charge in [0.1, 0.15) is 12.0 Å². The zero-order valence-electron chi connectivity index (χ0n) is 8.54. The highest BCUT2D eigenvalue weighted by molar-refractivity contribution is 7.89. The predicted octanol–water partition coefficient (Wildman–Crippen LogP) is 1.25. The van der Waals surface area contributed by atoms with Crippen LogP contribution in [0.4, 0.5) is 0 Å². The molecule has 1 aromatic heterocycles. The van der Waals surface area contributed by atoms with Gasteiger partial charge in [-0.25, -0.2) is 18.1 Å². The second-order valence-corrected chi connectivity index (χ2v) is 4.99. The average molecular weight is 238 g/mol. The number of hydrogen-bond donors (Lipinski definition) is 1. The predicted molar refractivity (Wildman–Crippen MR) is 58.2 cm³/mol. The van der Waals surface area contributed by atoms with Gasteiger partial charge in [0.2, 0.25) is 10.0 Å². The Bertz CT molecular complexity index is 559. The molecule has 0 saturated carbocycles. The van der Waals surface area contributed by atoms with Crippen LogP contribution < -0.4 is 4.72 Å². The lowest BCUT2D eigenvalue weighted by Crippen LogP contribution is -2.18. The average Bonchev–Trinajstić information content (AvgIpc) is 2.83. The van der Waals surface area contributed by atoms with Gasteiger partial charge in [0, 0.05) is 5.56 Å². The molecule has 0 aliphatic rings. The molecule has 0 aliphatic heterocycles. The standard InChI is InChI=1S/C10H10N2O3S/c1-11-16(13,14)9-4-2-8(3-5-9)10-6-15-7-12-10/h2-7,11H,1H3. The largest absolute Gasteiger partial charge is 0.451 e. The van der Waals surface area contributed by atoms with Crippen molar-refractivity contribution in [3.8, 4) is 11.3 Å². The molecule has 1 aromatic carbocycles. The summed E-state index contributed by atoms with van der Waals surface area (Å²) in [5.41, 5.74) is 1.48. The van der Waals surface area contributed by atoms with E-state index in [1.54, 1.807) is 12.1 Å². The second-order valence-electron chi connectivity index (χ2n) is 3.11. The number of oxazole rings is 1. The molecule has 0 amide bonds. The van der Waals surface area contributed by atoms with Gasteiger partial charge < -0.3 is 4.42 Å². The van der Waals surface area contributed by atoms with Crippen LogP contribution in [0.1, 0.15) is 0 Å². The van der Waals surface area contributed by atoms with Gasteiger partial charge in [-0.1, -0.05) is 12.1 Å². The van der Waals surface area contributed by atoms with Crippen molar-refractivity contribution in [3.05, 3.63) is 36.9 Å². The minimum Gasteiger partial charge on any atom is -0.451 e. The Morgan fingerprint density at radius 3 is 2.44 bits per heavy atom. The number of nitrogens with one attached hydrogen (secondary N) is 1. The number of hydrogen-bond acceptors (Lipinski definition) is 4. The SMILES string of the molecule is CNS(=O)(=O)c1ccc(-c2cocn2)cc1.